The summed E-state index contributed by atoms with van der Waals surface area (Å²) >= 11 is 11.8. The summed E-state index contributed by atoms with van der Waals surface area (Å²) in [5.74, 6) is -0.610. The molecule has 1 heterocycles. The number of rotatable bonds is 2. The maximum atomic E-state index is 11.5. The first-order chi connectivity index (χ1) is 8.90. The third-order valence-corrected chi connectivity index (χ3v) is 3.55. The van der Waals surface area contributed by atoms with Gasteiger partial charge in [0.15, 0.2) is 0 Å². The molecule has 0 spiro atoms. The second-order valence-corrected chi connectivity index (χ2v) is 4.92. The van der Waals surface area contributed by atoms with E-state index in [4.69, 9.17) is 28.9 Å². The van der Waals surface area contributed by atoms with Gasteiger partial charge in [-0.25, -0.2) is 4.79 Å². The maximum absolute atomic E-state index is 11.5. The molecule has 1 aliphatic rings. The van der Waals surface area contributed by atoms with Crippen LogP contribution >= 0.6 is 23.2 Å². The molecule has 1 aromatic carbocycles. The number of carbonyl (C=O) groups is 2. The minimum atomic E-state index is -0.638. The van der Waals surface area contributed by atoms with E-state index in [2.05, 4.69) is 10.6 Å². The molecule has 0 aromatic heterocycles. The summed E-state index contributed by atoms with van der Waals surface area (Å²) in [4.78, 5) is 23.0. The molecule has 100 valence electrons. The molecule has 0 unspecified atom stereocenters. The number of benzene rings is 1. The van der Waals surface area contributed by atoms with Gasteiger partial charge in [0.05, 0.1) is 21.7 Å². The monoisotopic (exact) mass is 299 g/mol. The average molecular weight is 300 g/mol. The van der Waals surface area contributed by atoms with Crippen LogP contribution in [0.2, 0.25) is 10.0 Å². The van der Waals surface area contributed by atoms with Crippen LogP contribution in [-0.2, 0) is 4.79 Å². The Bertz CT molecular complexity index is 599. The number of hydrogen-bond donors (Lipinski definition) is 3. The van der Waals surface area contributed by atoms with E-state index in [1.54, 1.807) is 25.1 Å². The molecule has 5 nitrogen and oxygen atoms in total. The fraction of sp³-hybridized carbons (Fsp3) is 0.167. The van der Waals surface area contributed by atoms with Crippen molar-refractivity contribution in [1.82, 2.24) is 10.6 Å². The zero-order chi connectivity index (χ0) is 14.2. The topological polar surface area (TPSA) is 84.2 Å². The number of allylic oxidation sites excluding steroid dienone is 1. The highest BCUT2D eigenvalue weighted by Gasteiger charge is 2.29. The fourth-order valence-electron chi connectivity index (χ4n) is 1.96. The Morgan fingerprint density at radius 1 is 1.32 bits per heavy atom. The van der Waals surface area contributed by atoms with E-state index in [9.17, 15) is 9.59 Å². The molecular formula is C12H11Cl2N3O2. The standard InChI is InChI=1S/C12H11Cl2N3O2/c1-5-9(11(15)18)10(17-12(19)16-5)6-2-3-7(13)8(14)4-6/h2-4,10H,1H3,(H2,15,18)(H2,16,17,19)/t10-/m1/s1. The Morgan fingerprint density at radius 2 is 2.00 bits per heavy atom. The van der Waals surface area contributed by atoms with Crippen LogP contribution < -0.4 is 16.4 Å². The van der Waals surface area contributed by atoms with E-state index < -0.39 is 18.0 Å². The maximum Gasteiger partial charge on any atom is 0.319 e. The highest BCUT2D eigenvalue weighted by atomic mass is 35.5. The van der Waals surface area contributed by atoms with Gasteiger partial charge >= 0.3 is 6.03 Å². The number of primary amides is 1. The minimum absolute atomic E-state index is 0.290. The molecule has 0 saturated heterocycles. The SMILES string of the molecule is CC1=C(C(N)=O)[C@@H](c2ccc(Cl)c(Cl)c2)NC(=O)N1. The smallest absolute Gasteiger partial charge is 0.319 e. The van der Waals surface area contributed by atoms with Gasteiger partial charge in [-0.15, -0.1) is 0 Å². The first-order valence-electron chi connectivity index (χ1n) is 5.43. The number of nitrogens with two attached hydrogens (primary N) is 1. The average Bonchev–Trinajstić information content (AvgIpc) is 2.31. The van der Waals surface area contributed by atoms with E-state index in [1.165, 1.54) is 0 Å². The van der Waals surface area contributed by atoms with Crippen molar-refractivity contribution < 1.29 is 9.59 Å². The summed E-state index contributed by atoms with van der Waals surface area (Å²) in [6, 6.07) is 3.83. The van der Waals surface area contributed by atoms with Gasteiger partial charge in [-0.05, 0) is 24.6 Å². The highest BCUT2D eigenvalue weighted by Crippen LogP contribution is 2.30. The third kappa shape index (κ3) is 2.67. The number of amides is 3. The predicted octanol–water partition coefficient (Wildman–Crippen LogP) is 2.11. The molecule has 7 heteroatoms. The molecule has 0 radical (unpaired) electrons. The van der Waals surface area contributed by atoms with Gasteiger partial charge < -0.3 is 16.4 Å². The molecule has 19 heavy (non-hydrogen) atoms. The summed E-state index contributed by atoms with van der Waals surface area (Å²) in [6.07, 6.45) is 0. The molecule has 1 aromatic rings. The molecule has 0 bridgehead atoms. The van der Waals surface area contributed by atoms with E-state index in [0.29, 0.717) is 21.3 Å². The Kier molecular flexibility index (Phi) is 3.68. The lowest BCUT2D eigenvalue weighted by atomic mass is 9.95. The molecular weight excluding hydrogens is 289 g/mol. The summed E-state index contributed by atoms with van der Waals surface area (Å²) < 4.78 is 0. The molecule has 4 N–H and O–H groups in total. The van der Waals surface area contributed by atoms with E-state index >= 15 is 0 Å². The summed E-state index contributed by atoms with van der Waals surface area (Å²) in [5, 5.41) is 5.87. The van der Waals surface area contributed by atoms with E-state index in [1.807, 2.05) is 0 Å². The second kappa shape index (κ2) is 5.11. The van der Waals surface area contributed by atoms with Crippen molar-refractivity contribution >= 4 is 35.1 Å². The molecule has 2 rings (SSSR count). The molecule has 1 atom stereocenters. The van der Waals surface area contributed by atoms with Crippen LogP contribution in [0.4, 0.5) is 4.79 Å². The van der Waals surface area contributed by atoms with Gasteiger partial charge in [-0.3, -0.25) is 4.79 Å². The lowest BCUT2D eigenvalue weighted by Gasteiger charge is -2.27. The zero-order valence-electron chi connectivity index (χ0n) is 9.96. The third-order valence-electron chi connectivity index (χ3n) is 2.81. The van der Waals surface area contributed by atoms with Crippen LogP contribution in [0.5, 0.6) is 0 Å². The molecule has 1 aliphatic heterocycles. The number of halogens is 2. The van der Waals surface area contributed by atoms with E-state index in [-0.39, 0.29) is 5.57 Å². The van der Waals surface area contributed by atoms with Gasteiger partial charge in [-0.2, -0.15) is 0 Å². The summed E-state index contributed by atoms with van der Waals surface area (Å²) in [6.45, 7) is 1.61. The van der Waals surface area contributed by atoms with Gasteiger partial charge in [-0.1, -0.05) is 29.3 Å². The van der Waals surface area contributed by atoms with Crippen molar-refractivity contribution in [3.05, 3.63) is 45.1 Å². The molecule has 0 fully saturated rings. The zero-order valence-corrected chi connectivity index (χ0v) is 11.5. The normalized spacial score (nSPS) is 18.9. The lowest BCUT2D eigenvalue weighted by molar-refractivity contribution is -0.115. The number of carbonyl (C=O) groups excluding carboxylic acids is 2. The van der Waals surface area contributed by atoms with Gasteiger partial charge in [0.1, 0.15) is 0 Å². The van der Waals surface area contributed by atoms with Crippen molar-refractivity contribution in [2.24, 2.45) is 5.73 Å². The van der Waals surface area contributed by atoms with E-state index in [0.717, 1.165) is 0 Å². The van der Waals surface area contributed by atoms with Crippen LogP contribution in [0, 0.1) is 0 Å². The lowest BCUT2D eigenvalue weighted by Crippen LogP contribution is -2.46. The molecule has 3 amide bonds. The Labute approximate surface area is 119 Å². The van der Waals surface area contributed by atoms with Crippen molar-refractivity contribution in [3.8, 4) is 0 Å². The van der Waals surface area contributed by atoms with Crippen LogP contribution in [0.1, 0.15) is 18.5 Å². The van der Waals surface area contributed by atoms with Crippen LogP contribution in [-0.4, -0.2) is 11.9 Å². The van der Waals surface area contributed by atoms with Crippen molar-refractivity contribution in [2.45, 2.75) is 13.0 Å². The molecule has 0 aliphatic carbocycles. The Morgan fingerprint density at radius 3 is 2.58 bits per heavy atom. The first-order valence-corrected chi connectivity index (χ1v) is 6.18. The summed E-state index contributed by atoms with van der Waals surface area (Å²) in [5.41, 5.74) is 6.70. The highest BCUT2D eigenvalue weighted by molar-refractivity contribution is 6.42. The van der Waals surface area contributed by atoms with Crippen LogP contribution in [0.15, 0.2) is 29.5 Å². The first kappa shape index (κ1) is 13.7. The quantitative estimate of drug-likeness (QED) is 0.781. The van der Waals surface area contributed by atoms with Crippen molar-refractivity contribution in [1.29, 1.82) is 0 Å². The van der Waals surface area contributed by atoms with Gasteiger partial charge in [0.2, 0.25) is 5.91 Å². The van der Waals surface area contributed by atoms with Crippen molar-refractivity contribution in [3.63, 3.8) is 0 Å². The Balaban J connectivity index is 2.51. The predicted molar refractivity (Wildman–Crippen MR) is 72.8 cm³/mol. The fourth-order valence-corrected chi connectivity index (χ4v) is 2.27. The number of hydrogen-bond acceptors (Lipinski definition) is 2. The molecule has 0 saturated carbocycles. The van der Waals surface area contributed by atoms with Crippen molar-refractivity contribution in [2.75, 3.05) is 0 Å². The summed E-state index contributed by atoms with van der Waals surface area (Å²) in [7, 11) is 0. The minimum Gasteiger partial charge on any atom is -0.366 e. The van der Waals surface area contributed by atoms with Crippen LogP contribution in [0.25, 0.3) is 0 Å². The van der Waals surface area contributed by atoms with Gasteiger partial charge in [0.25, 0.3) is 0 Å². The largest absolute Gasteiger partial charge is 0.366 e. The van der Waals surface area contributed by atoms with Crippen LogP contribution in [0.3, 0.4) is 0 Å². The second-order valence-electron chi connectivity index (χ2n) is 4.11. The Hall–Kier alpha value is -1.72. The number of nitrogens with one attached hydrogen (secondary N) is 2. The number of urea groups is 1. The van der Waals surface area contributed by atoms with Gasteiger partial charge in [0, 0.05) is 5.70 Å².